The third-order valence-corrected chi connectivity index (χ3v) is 5.85. The normalized spacial score (nSPS) is 11.4. The number of ether oxygens (including phenoxy) is 1. The first kappa shape index (κ1) is 28.2. The number of aromatic nitrogens is 3. The van der Waals surface area contributed by atoms with E-state index in [1.807, 2.05) is 55.5 Å². The summed E-state index contributed by atoms with van der Waals surface area (Å²) in [6.45, 7) is 2.34. The SMILES string of the molecule is CC(CCN(CCO)c1nc(NN)ncc1F)Oc1cccc(Nc2cccc(Nc3ccc(C=O)nc3)c2)c1. The van der Waals surface area contributed by atoms with Crippen LogP contribution in [0.4, 0.5) is 38.9 Å². The van der Waals surface area contributed by atoms with Gasteiger partial charge in [-0.25, -0.2) is 15.2 Å². The van der Waals surface area contributed by atoms with Crippen molar-refractivity contribution in [2.45, 2.75) is 19.4 Å². The number of aliphatic hydroxyl groups is 1. The van der Waals surface area contributed by atoms with Crippen molar-refractivity contribution in [3.63, 3.8) is 0 Å². The number of hydrogen-bond acceptors (Lipinski definition) is 11. The van der Waals surface area contributed by atoms with Crippen molar-refractivity contribution in [2.24, 2.45) is 5.84 Å². The van der Waals surface area contributed by atoms with E-state index < -0.39 is 5.82 Å². The van der Waals surface area contributed by atoms with Crippen molar-refractivity contribution in [1.29, 1.82) is 0 Å². The maximum atomic E-state index is 14.4. The van der Waals surface area contributed by atoms with Gasteiger partial charge >= 0.3 is 0 Å². The van der Waals surface area contributed by atoms with E-state index in [1.54, 1.807) is 23.2 Å². The largest absolute Gasteiger partial charge is 0.491 e. The summed E-state index contributed by atoms with van der Waals surface area (Å²) >= 11 is 0. The van der Waals surface area contributed by atoms with Gasteiger partial charge < -0.3 is 25.4 Å². The maximum absolute atomic E-state index is 14.4. The summed E-state index contributed by atoms with van der Waals surface area (Å²) < 4.78 is 20.5. The summed E-state index contributed by atoms with van der Waals surface area (Å²) in [5.74, 6) is 5.56. The van der Waals surface area contributed by atoms with Crippen molar-refractivity contribution < 1.29 is 19.0 Å². The van der Waals surface area contributed by atoms with Crippen LogP contribution in [0.25, 0.3) is 0 Å². The van der Waals surface area contributed by atoms with Gasteiger partial charge in [-0.1, -0.05) is 12.1 Å². The second-order valence-electron chi connectivity index (χ2n) is 8.89. The first-order valence-corrected chi connectivity index (χ1v) is 12.6. The van der Waals surface area contributed by atoms with Crippen LogP contribution in [-0.4, -0.2) is 52.1 Å². The van der Waals surface area contributed by atoms with E-state index in [1.165, 1.54) is 0 Å². The molecule has 4 aromatic rings. The molecular formula is C28H31FN8O3. The number of halogens is 1. The molecule has 12 heteroatoms. The fourth-order valence-corrected chi connectivity index (χ4v) is 3.93. The highest BCUT2D eigenvalue weighted by molar-refractivity contribution is 5.73. The summed E-state index contributed by atoms with van der Waals surface area (Å²) in [6, 6.07) is 18.8. The molecule has 0 bridgehead atoms. The number of benzene rings is 2. The minimum atomic E-state index is -0.605. The van der Waals surface area contributed by atoms with Crippen LogP contribution in [-0.2, 0) is 0 Å². The van der Waals surface area contributed by atoms with E-state index in [0.29, 0.717) is 30.7 Å². The number of carbonyl (C=O) groups is 1. The molecule has 0 fully saturated rings. The van der Waals surface area contributed by atoms with E-state index >= 15 is 0 Å². The molecule has 0 aliphatic carbocycles. The molecule has 0 saturated heterocycles. The Hall–Kier alpha value is -4.81. The molecule has 0 aliphatic rings. The quantitative estimate of drug-likeness (QED) is 0.0877. The highest BCUT2D eigenvalue weighted by atomic mass is 19.1. The number of nitrogens with two attached hydrogens (primary N) is 1. The van der Waals surface area contributed by atoms with Crippen molar-refractivity contribution in [1.82, 2.24) is 15.0 Å². The molecule has 0 aliphatic heterocycles. The molecule has 2 heterocycles. The van der Waals surface area contributed by atoms with Gasteiger partial charge in [0, 0.05) is 42.6 Å². The van der Waals surface area contributed by atoms with Crippen LogP contribution in [0.15, 0.2) is 73.1 Å². The molecular weight excluding hydrogens is 515 g/mol. The number of anilines is 6. The molecule has 0 amide bonds. The second kappa shape index (κ2) is 13.8. The minimum absolute atomic E-state index is 0.0568. The van der Waals surface area contributed by atoms with E-state index in [9.17, 15) is 14.3 Å². The number of pyridine rings is 1. The Labute approximate surface area is 231 Å². The first-order valence-electron chi connectivity index (χ1n) is 12.6. The number of aldehydes is 1. The Morgan fingerprint density at radius 1 is 1.00 bits per heavy atom. The molecule has 0 radical (unpaired) electrons. The predicted molar refractivity (Wildman–Crippen MR) is 153 cm³/mol. The lowest BCUT2D eigenvalue weighted by molar-refractivity contribution is 0.111. The average Bonchev–Trinajstić information content (AvgIpc) is 2.96. The first-order chi connectivity index (χ1) is 19.5. The minimum Gasteiger partial charge on any atom is -0.491 e. The molecule has 11 nitrogen and oxygen atoms in total. The van der Waals surface area contributed by atoms with E-state index in [2.05, 4.69) is 31.0 Å². The average molecular weight is 547 g/mol. The lowest BCUT2D eigenvalue weighted by atomic mass is 10.2. The molecule has 0 saturated carbocycles. The van der Waals surface area contributed by atoms with Gasteiger partial charge in [0.2, 0.25) is 5.95 Å². The van der Waals surface area contributed by atoms with Gasteiger partial charge in [-0.2, -0.15) is 4.98 Å². The molecule has 0 spiro atoms. The third-order valence-electron chi connectivity index (χ3n) is 5.85. The van der Waals surface area contributed by atoms with Gasteiger partial charge in [-0.15, -0.1) is 0 Å². The van der Waals surface area contributed by atoms with Crippen LogP contribution in [0.1, 0.15) is 23.8 Å². The van der Waals surface area contributed by atoms with Gasteiger partial charge in [-0.3, -0.25) is 15.2 Å². The Morgan fingerprint density at radius 3 is 2.40 bits per heavy atom. The summed E-state index contributed by atoms with van der Waals surface area (Å²) in [4.78, 5) is 24.4. The summed E-state index contributed by atoms with van der Waals surface area (Å²) in [5, 5.41) is 16.1. The van der Waals surface area contributed by atoms with Gasteiger partial charge in [0.05, 0.1) is 30.8 Å². The van der Waals surface area contributed by atoms with Crippen LogP contribution in [0.3, 0.4) is 0 Å². The second-order valence-corrected chi connectivity index (χ2v) is 8.89. The molecule has 2 aromatic heterocycles. The Balaban J connectivity index is 1.35. The van der Waals surface area contributed by atoms with E-state index in [-0.39, 0.29) is 31.0 Å². The Morgan fingerprint density at radius 2 is 1.73 bits per heavy atom. The molecule has 4 rings (SSSR count). The van der Waals surface area contributed by atoms with Crippen molar-refractivity contribution in [2.75, 3.05) is 40.7 Å². The summed E-state index contributed by atoms with van der Waals surface area (Å²) in [5.41, 5.74) is 6.00. The summed E-state index contributed by atoms with van der Waals surface area (Å²) in [7, 11) is 0. The molecule has 2 aromatic carbocycles. The van der Waals surface area contributed by atoms with Crippen LogP contribution in [0, 0.1) is 5.82 Å². The molecule has 1 atom stereocenters. The van der Waals surface area contributed by atoms with E-state index in [0.717, 1.165) is 28.9 Å². The molecule has 1 unspecified atom stereocenters. The number of nitrogens with one attached hydrogen (secondary N) is 3. The number of hydrogen-bond donors (Lipinski definition) is 5. The zero-order valence-corrected chi connectivity index (χ0v) is 21.9. The Kier molecular flexibility index (Phi) is 9.75. The lowest BCUT2D eigenvalue weighted by Gasteiger charge is -2.25. The van der Waals surface area contributed by atoms with Crippen molar-refractivity contribution in [3.8, 4) is 5.75 Å². The number of hydrazine groups is 1. The molecule has 6 N–H and O–H groups in total. The predicted octanol–water partition coefficient (Wildman–Crippen LogP) is 4.25. The number of carbonyl (C=O) groups excluding carboxylic acids is 1. The fraction of sp³-hybridized carbons (Fsp3) is 0.214. The summed E-state index contributed by atoms with van der Waals surface area (Å²) in [6.07, 6.45) is 3.68. The third kappa shape index (κ3) is 7.85. The smallest absolute Gasteiger partial charge is 0.239 e. The van der Waals surface area contributed by atoms with Crippen LogP contribution in [0.2, 0.25) is 0 Å². The number of aliphatic hydroxyl groups excluding tert-OH is 1. The van der Waals surface area contributed by atoms with Crippen molar-refractivity contribution >= 4 is 40.8 Å². The van der Waals surface area contributed by atoms with Gasteiger partial charge in [0.1, 0.15) is 11.4 Å². The van der Waals surface area contributed by atoms with Gasteiger partial charge in [0.15, 0.2) is 17.9 Å². The van der Waals surface area contributed by atoms with Crippen molar-refractivity contribution in [3.05, 3.63) is 84.6 Å². The standard InChI is InChI=1S/C28H31FN8O3/c1-19(10-11-37(12-13-38)27-26(29)17-32-28(35-27)36-30)40-25-7-3-6-22(15-25)33-20-4-2-5-21(14-20)34-23-8-9-24(18-39)31-16-23/h2-9,14-19,33-34,38H,10-13,30H2,1H3,(H,32,35,36). The fourth-order valence-electron chi connectivity index (χ4n) is 3.93. The molecule has 40 heavy (non-hydrogen) atoms. The number of nitrogens with zero attached hydrogens (tertiary/aromatic N) is 4. The number of nitrogen functional groups attached to an aromatic ring is 1. The van der Waals surface area contributed by atoms with E-state index in [4.69, 9.17) is 10.6 Å². The van der Waals surface area contributed by atoms with Crippen LogP contribution >= 0.6 is 0 Å². The topological polar surface area (TPSA) is 151 Å². The Bertz CT molecular complexity index is 1410. The monoisotopic (exact) mass is 546 g/mol. The van der Waals surface area contributed by atoms with Crippen LogP contribution in [0.5, 0.6) is 5.75 Å². The zero-order valence-electron chi connectivity index (χ0n) is 21.9. The highest BCUT2D eigenvalue weighted by Crippen LogP contribution is 2.26. The molecule has 208 valence electrons. The maximum Gasteiger partial charge on any atom is 0.239 e. The van der Waals surface area contributed by atoms with Gasteiger partial charge in [-0.05, 0) is 49.4 Å². The highest BCUT2D eigenvalue weighted by Gasteiger charge is 2.16. The lowest BCUT2D eigenvalue weighted by Crippen LogP contribution is -2.32. The number of rotatable bonds is 14. The van der Waals surface area contributed by atoms with Gasteiger partial charge in [0.25, 0.3) is 0 Å². The zero-order chi connectivity index (χ0) is 28.3. The van der Waals surface area contributed by atoms with Crippen LogP contribution < -0.4 is 31.5 Å².